The molecule has 0 unspecified atom stereocenters. The summed E-state index contributed by atoms with van der Waals surface area (Å²) in [5, 5.41) is 9.56. The number of hydrogen-bond donors (Lipinski definition) is 1. The Morgan fingerprint density at radius 1 is 1.43 bits per heavy atom. The van der Waals surface area contributed by atoms with Crippen LogP contribution in [0, 0.1) is 6.92 Å². The van der Waals surface area contributed by atoms with Gasteiger partial charge in [-0.15, -0.1) is 0 Å². The molecule has 3 nitrogen and oxygen atoms in total. The monoisotopic (exact) mass is 190 g/mol. The smallest absolute Gasteiger partial charge is 0.195 e. The zero-order valence-electron chi connectivity index (χ0n) is 7.78. The fourth-order valence-electron chi connectivity index (χ4n) is 1.44. The van der Waals surface area contributed by atoms with Gasteiger partial charge in [-0.2, -0.15) is 0 Å². The van der Waals surface area contributed by atoms with Gasteiger partial charge >= 0.3 is 0 Å². The first kappa shape index (κ1) is 8.97. The number of para-hydroxylation sites is 1. The number of aliphatic hydroxyl groups excluding tert-OH is 1. The second-order valence-corrected chi connectivity index (χ2v) is 3.20. The lowest BCUT2D eigenvalue weighted by Crippen LogP contribution is -2.05. The number of rotatable bonds is 1. The summed E-state index contributed by atoms with van der Waals surface area (Å²) in [5.74, 6) is 0. The lowest BCUT2D eigenvalue weighted by molar-refractivity contribution is 0.281. The van der Waals surface area contributed by atoms with Gasteiger partial charge in [-0.3, -0.25) is 4.79 Å². The Hall–Kier alpha value is -1.61. The van der Waals surface area contributed by atoms with Gasteiger partial charge in [0.25, 0.3) is 0 Å². The molecule has 1 aromatic carbocycles. The first-order valence-corrected chi connectivity index (χ1v) is 4.35. The van der Waals surface area contributed by atoms with Crippen LogP contribution in [0.25, 0.3) is 11.0 Å². The quantitative estimate of drug-likeness (QED) is 0.742. The lowest BCUT2D eigenvalue weighted by Gasteiger charge is -2.01. The van der Waals surface area contributed by atoms with Crippen molar-refractivity contribution in [2.75, 3.05) is 0 Å². The van der Waals surface area contributed by atoms with Crippen molar-refractivity contribution in [1.82, 2.24) is 0 Å². The highest BCUT2D eigenvalue weighted by Crippen LogP contribution is 2.16. The summed E-state index contributed by atoms with van der Waals surface area (Å²) >= 11 is 0. The first-order chi connectivity index (χ1) is 6.74. The Bertz CT molecular complexity index is 526. The Morgan fingerprint density at radius 2 is 2.21 bits per heavy atom. The van der Waals surface area contributed by atoms with E-state index in [0.29, 0.717) is 22.1 Å². The Balaban J connectivity index is 2.93. The molecule has 0 saturated heterocycles. The molecule has 0 spiro atoms. The average molecular weight is 190 g/mol. The Labute approximate surface area is 80.6 Å². The van der Waals surface area contributed by atoms with Crippen LogP contribution in [0.15, 0.2) is 33.7 Å². The standard InChI is InChI=1S/C11H10O3/c1-7-6-14-11-8(5-12)3-2-4-9(11)10(7)13/h2-4,6,12H,5H2,1H3. The van der Waals surface area contributed by atoms with Gasteiger partial charge in [0.1, 0.15) is 5.58 Å². The number of benzene rings is 1. The third-order valence-electron chi connectivity index (χ3n) is 2.22. The molecular formula is C11H10O3. The summed E-state index contributed by atoms with van der Waals surface area (Å²) in [7, 11) is 0. The molecule has 2 rings (SSSR count). The molecule has 1 aromatic heterocycles. The maximum absolute atomic E-state index is 11.7. The molecule has 1 N–H and O–H groups in total. The van der Waals surface area contributed by atoms with Crippen molar-refractivity contribution in [3.8, 4) is 0 Å². The number of aryl methyl sites for hydroxylation is 1. The summed E-state index contributed by atoms with van der Waals surface area (Å²) < 4.78 is 5.29. The van der Waals surface area contributed by atoms with Gasteiger partial charge in [-0.05, 0) is 13.0 Å². The van der Waals surface area contributed by atoms with Crippen LogP contribution in [0.2, 0.25) is 0 Å². The van der Waals surface area contributed by atoms with E-state index in [4.69, 9.17) is 9.52 Å². The van der Waals surface area contributed by atoms with E-state index < -0.39 is 0 Å². The zero-order valence-corrected chi connectivity index (χ0v) is 7.78. The third kappa shape index (κ3) is 1.22. The van der Waals surface area contributed by atoms with E-state index in [1.165, 1.54) is 6.26 Å². The summed E-state index contributed by atoms with van der Waals surface area (Å²) in [6.45, 7) is 1.58. The van der Waals surface area contributed by atoms with E-state index >= 15 is 0 Å². The van der Waals surface area contributed by atoms with Gasteiger partial charge in [0.15, 0.2) is 5.43 Å². The highest BCUT2D eigenvalue weighted by atomic mass is 16.3. The van der Waals surface area contributed by atoms with Crippen molar-refractivity contribution in [3.63, 3.8) is 0 Å². The van der Waals surface area contributed by atoms with Crippen molar-refractivity contribution >= 4 is 11.0 Å². The largest absolute Gasteiger partial charge is 0.463 e. The van der Waals surface area contributed by atoms with Crippen LogP contribution in [0.5, 0.6) is 0 Å². The predicted octanol–water partition coefficient (Wildman–Crippen LogP) is 1.59. The second kappa shape index (κ2) is 3.27. The molecule has 2 aromatic rings. The van der Waals surface area contributed by atoms with Crippen LogP contribution < -0.4 is 5.43 Å². The minimum atomic E-state index is -0.122. The normalized spacial score (nSPS) is 10.7. The number of fused-ring (bicyclic) bond motifs is 1. The SMILES string of the molecule is Cc1coc2c(CO)cccc2c1=O. The van der Waals surface area contributed by atoms with Gasteiger partial charge in [-0.25, -0.2) is 0 Å². The molecular weight excluding hydrogens is 180 g/mol. The maximum atomic E-state index is 11.7. The van der Waals surface area contributed by atoms with Crippen LogP contribution in [0.3, 0.4) is 0 Å². The van der Waals surface area contributed by atoms with E-state index in [1.807, 2.05) is 0 Å². The molecule has 0 amide bonds. The summed E-state index contributed by atoms with van der Waals surface area (Å²) in [5.41, 5.74) is 1.65. The number of aliphatic hydroxyl groups is 1. The molecule has 0 saturated carbocycles. The van der Waals surface area contributed by atoms with Gasteiger partial charge in [0.2, 0.25) is 0 Å². The highest BCUT2D eigenvalue weighted by Gasteiger charge is 2.06. The molecule has 0 aliphatic heterocycles. The fraction of sp³-hybridized carbons (Fsp3) is 0.182. The van der Waals surface area contributed by atoms with Crippen LogP contribution in [-0.2, 0) is 6.61 Å². The Morgan fingerprint density at radius 3 is 2.93 bits per heavy atom. The maximum Gasteiger partial charge on any atom is 0.195 e. The van der Waals surface area contributed by atoms with Crippen LogP contribution >= 0.6 is 0 Å². The van der Waals surface area contributed by atoms with E-state index in [0.717, 1.165) is 0 Å². The van der Waals surface area contributed by atoms with Crippen LogP contribution in [-0.4, -0.2) is 5.11 Å². The molecule has 0 atom stereocenters. The molecule has 72 valence electrons. The van der Waals surface area contributed by atoms with Gasteiger partial charge < -0.3 is 9.52 Å². The Kier molecular flexibility index (Phi) is 2.09. The van der Waals surface area contributed by atoms with Gasteiger partial charge in [0.05, 0.1) is 18.3 Å². The number of hydrogen-bond acceptors (Lipinski definition) is 3. The second-order valence-electron chi connectivity index (χ2n) is 3.20. The first-order valence-electron chi connectivity index (χ1n) is 4.35. The molecule has 0 bridgehead atoms. The molecule has 14 heavy (non-hydrogen) atoms. The summed E-state index contributed by atoms with van der Waals surface area (Å²) in [6.07, 6.45) is 1.42. The van der Waals surface area contributed by atoms with Gasteiger partial charge in [-0.1, -0.05) is 12.1 Å². The van der Waals surface area contributed by atoms with E-state index in [-0.39, 0.29) is 12.0 Å². The molecule has 3 heteroatoms. The molecule has 0 radical (unpaired) electrons. The van der Waals surface area contributed by atoms with E-state index in [2.05, 4.69) is 0 Å². The van der Waals surface area contributed by atoms with E-state index in [9.17, 15) is 4.79 Å². The third-order valence-corrected chi connectivity index (χ3v) is 2.22. The topological polar surface area (TPSA) is 50.4 Å². The van der Waals surface area contributed by atoms with Crippen LogP contribution in [0.4, 0.5) is 0 Å². The van der Waals surface area contributed by atoms with Gasteiger partial charge in [0, 0.05) is 11.1 Å². The van der Waals surface area contributed by atoms with Crippen molar-refractivity contribution in [1.29, 1.82) is 0 Å². The molecule has 0 fully saturated rings. The summed E-state index contributed by atoms with van der Waals surface area (Å²) in [4.78, 5) is 11.7. The van der Waals surface area contributed by atoms with Crippen LogP contribution in [0.1, 0.15) is 11.1 Å². The zero-order chi connectivity index (χ0) is 10.1. The van der Waals surface area contributed by atoms with Crippen molar-refractivity contribution < 1.29 is 9.52 Å². The lowest BCUT2D eigenvalue weighted by atomic mass is 10.1. The highest BCUT2D eigenvalue weighted by molar-refractivity contribution is 5.79. The minimum absolute atomic E-state index is 0.0402. The fourth-order valence-corrected chi connectivity index (χ4v) is 1.44. The van der Waals surface area contributed by atoms with Crippen molar-refractivity contribution in [2.45, 2.75) is 13.5 Å². The minimum Gasteiger partial charge on any atom is -0.463 e. The molecule has 1 heterocycles. The van der Waals surface area contributed by atoms with Crippen molar-refractivity contribution in [2.24, 2.45) is 0 Å². The molecule has 0 aliphatic carbocycles. The van der Waals surface area contributed by atoms with E-state index in [1.54, 1.807) is 25.1 Å². The average Bonchev–Trinajstić information content (AvgIpc) is 2.23. The molecule has 0 aliphatic rings. The predicted molar refractivity (Wildman–Crippen MR) is 53.1 cm³/mol. The van der Waals surface area contributed by atoms with Crippen molar-refractivity contribution in [3.05, 3.63) is 45.8 Å². The summed E-state index contributed by atoms with van der Waals surface area (Å²) in [6, 6.07) is 5.18.